The lowest BCUT2D eigenvalue weighted by molar-refractivity contribution is -0.123. The zero-order valence-corrected chi connectivity index (χ0v) is 12.9. The molecule has 2 fully saturated rings. The van der Waals surface area contributed by atoms with E-state index in [1.54, 1.807) is 17.0 Å². The molecule has 0 aliphatic carbocycles. The van der Waals surface area contributed by atoms with Crippen molar-refractivity contribution in [2.75, 3.05) is 31.5 Å². The van der Waals surface area contributed by atoms with Gasteiger partial charge in [-0.25, -0.2) is 9.18 Å². The van der Waals surface area contributed by atoms with Crippen LogP contribution in [-0.4, -0.2) is 54.0 Å². The molecule has 0 unspecified atom stereocenters. The van der Waals surface area contributed by atoms with Gasteiger partial charge in [-0.1, -0.05) is 0 Å². The van der Waals surface area contributed by atoms with Crippen LogP contribution in [0.1, 0.15) is 12.8 Å². The maximum absolute atomic E-state index is 12.8. The zero-order chi connectivity index (χ0) is 16.4. The number of carbonyl (C=O) groups is 2. The number of hydrogen-bond acceptors (Lipinski definition) is 3. The van der Waals surface area contributed by atoms with Gasteiger partial charge in [0.2, 0.25) is 5.91 Å². The second kappa shape index (κ2) is 6.54. The standard InChI is InChI=1S/C16H21FN4O2/c17-12-1-3-13(4-2-12)19-16(23)21-9-14(10-21)20-7-5-11(6-8-20)15(18)22/h1-4,11,14H,5-10H2,(H2,18,22)(H,19,23). The van der Waals surface area contributed by atoms with Crippen molar-refractivity contribution >= 4 is 17.6 Å². The van der Waals surface area contributed by atoms with Crippen LogP contribution < -0.4 is 11.1 Å². The lowest BCUT2D eigenvalue weighted by Crippen LogP contribution is -2.63. The van der Waals surface area contributed by atoms with Gasteiger partial charge in [0.1, 0.15) is 5.82 Å². The number of likely N-dealkylation sites (tertiary alicyclic amines) is 2. The molecule has 124 valence electrons. The van der Waals surface area contributed by atoms with Crippen LogP contribution in [0.5, 0.6) is 0 Å². The summed E-state index contributed by atoms with van der Waals surface area (Å²) in [4.78, 5) is 27.3. The van der Waals surface area contributed by atoms with E-state index in [0.29, 0.717) is 24.8 Å². The number of benzene rings is 1. The molecule has 0 bridgehead atoms. The number of nitrogens with one attached hydrogen (secondary N) is 1. The largest absolute Gasteiger partial charge is 0.369 e. The van der Waals surface area contributed by atoms with Gasteiger partial charge in [0.15, 0.2) is 0 Å². The maximum atomic E-state index is 12.8. The molecule has 0 atom stereocenters. The number of primary amides is 1. The number of carbonyl (C=O) groups excluding carboxylic acids is 2. The van der Waals surface area contributed by atoms with Crippen LogP contribution in [-0.2, 0) is 4.79 Å². The average molecular weight is 320 g/mol. The summed E-state index contributed by atoms with van der Waals surface area (Å²) in [5.41, 5.74) is 5.92. The SMILES string of the molecule is NC(=O)C1CCN(C2CN(C(=O)Nc3ccc(F)cc3)C2)CC1. The highest BCUT2D eigenvalue weighted by molar-refractivity contribution is 5.89. The summed E-state index contributed by atoms with van der Waals surface area (Å²) in [5.74, 6) is -0.547. The Balaban J connectivity index is 1.43. The molecule has 0 spiro atoms. The minimum Gasteiger partial charge on any atom is -0.369 e. The molecule has 2 aliphatic rings. The van der Waals surface area contributed by atoms with E-state index < -0.39 is 0 Å². The number of halogens is 1. The fraction of sp³-hybridized carbons (Fsp3) is 0.500. The third-order valence-electron chi connectivity index (χ3n) is 4.69. The van der Waals surface area contributed by atoms with Crippen LogP contribution in [0.15, 0.2) is 24.3 Å². The van der Waals surface area contributed by atoms with Gasteiger partial charge in [0.25, 0.3) is 0 Å². The second-order valence-electron chi connectivity index (χ2n) is 6.21. The Kier molecular flexibility index (Phi) is 4.47. The second-order valence-corrected chi connectivity index (χ2v) is 6.21. The van der Waals surface area contributed by atoms with Crippen molar-refractivity contribution in [1.82, 2.24) is 9.80 Å². The van der Waals surface area contributed by atoms with Crippen molar-refractivity contribution in [2.24, 2.45) is 11.7 Å². The molecule has 6 nitrogen and oxygen atoms in total. The molecule has 2 saturated heterocycles. The summed E-state index contributed by atoms with van der Waals surface area (Å²) in [6.45, 7) is 3.06. The van der Waals surface area contributed by atoms with Gasteiger partial charge < -0.3 is 16.0 Å². The van der Waals surface area contributed by atoms with Crippen LogP contribution >= 0.6 is 0 Å². The minimum atomic E-state index is -0.327. The molecule has 2 heterocycles. The normalized spacial score (nSPS) is 20.1. The predicted molar refractivity (Wildman–Crippen MR) is 84.3 cm³/mol. The number of anilines is 1. The van der Waals surface area contributed by atoms with E-state index in [2.05, 4.69) is 10.2 Å². The predicted octanol–water partition coefficient (Wildman–Crippen LogP) is 1.24. The van der Waals surface area contributed by atoms with E-state index in [1.807, 2.05) is 0 Å². The van der Waals surface area contributed by atoms with E-state index in [-0.39, 0.29) is 23.7 Å². The summed E-state index contributed by atoms with van der Waals surface area (Å²) < 4.78 is 12.8. The topological polar surface area (TPSA) is 78.7 Å². The third kappa shape index (κ3) is 3.61. The highest BCUT2D eigenvalue weighted by atomic mass is 19.1. The lowest BCUT2D eigenvalue weighted by atomic mass is 9.94. The van der Waals surface area contributed by atoms with Crippen LogP contribution in [0.2, 0.25) is 0 Å². The summed E-state index contributed by atoms with van der Waals surface area (Å²) in [7, 11) is 0. The molecule has 1 aromatic rings. The van der Waals surface area contributed by atoms with E-state index >= 15 is 0 Å². The van der Waals surface area contributed by atoms with Gasteiger partial charge in [-0.2, -0.15) is 0 Å². The first-order valence-electron chi connectivity index (χ1n) is 7.88. The minimum absolute atomic E-state index is 0.01000. The Bertz CT molecular complexity index is 578. The maximum Gasteiger partial charge on any atom is 0.321 e. The Hall–Kier alpha value is -2.15. The first-order chi connectivity index (χ1) is 11.0. The Morgan fingerprint density at radius 1 is 1.13 bits per heavy atom. The molecule has 23 heavy (non-hydrogen) atoms. The molecule has 0 aromatic heterocycles. The molecule has 7 heteroatoms. The van der Waals surface area contributed by atoms with E-state index in [9.17, 15) is 14.0 Å². The highest BCUT2D eigenvalue weighted by Gasteiger charge is 2.37. The molecule has 3 amide bonds. The molecule has 0 radical (unpaired) electrons. The average Bonchev–Trinajstić information content (AvgIpc) is 2.48. The van der Waals surface area contributed by atoms with Gasteiger partial charge in [0, 0.05) is 30.7 Å². The fourth-order valence-electron chi connectivity index (χ4n) is 3.14. The fourth-order valence-corrected chi connectivity index (χ4v) is 3.14. The summed E-state index contributed by atoms with van der Waals surface area (Å²) in [5, 5.41) is 2.76. The van der Waals surface area contributed by atoms with Crippen molar-refractivity contribution < 1.29 is 14.0 Å². The van der Waals surface area contributed by atoms with Crippen molar-refractivity contribution in [2.45, 2.75) is 18.9 Å². The van der Waals surface area contributed by atoms with Gasteiger partial charge in [-0.15, -0.1) is 0 Å². The highest BCUT2D eigenvalue weighted by Crippen LogP contribution is 2.23. The molecular weight excluding hydrogens is 299 g/mol. The molecule has 3 rings (SSSR count). The molecular formula is C16H21FN4O2. The van der Waals surface area contributed by atoms with Crippen LogP contribution in [0, 0.1) is 11.7 Å². The Labute approximate surface area is 134 Å². The number of urea groups is 1. The molecule has 2 aliphatic heterocycles. The number of amides is 3. The van der Waals surface area contributed by atoms with Crippen molar-refractivity contribution in [3.63, 3.8) is 0 Å². The number of nitrogens with two attached hydrogens (primary N) is 1. The van der Waals surface area contributed by atoms with E-state index in [1.165, 1.54) is 12.1 Å². The van der Waals surface area contributed by atoms with Gasteiger partial charge in [-0.05, 0) is 50.2 Å². The molecule has 1 aromatic carbocycles. The first-order valence-corrected chi connectivity index (χ1v) is 7.88. The number of piperidine rings is 1. The lowest BCUT2D eigenvalue weighted by Gasteiger charge is -2.47. The number of hydrogen-bond donors (Lipinski definition) is 2. The summed E-state index contributed by atoms with van der Waals surface area (Å²) in [6, 6.07) is 5.90. The number of nitrogens with zero attached hydrogens (tertiary/aromatic N) is 2. The van der Waals surface area contributed by atoms with Gasteiger partial charge in [0.05, 0.1) is 0 Å². The van der Waals surface area contributed by atoms with Crippen molar-refractivity contribution in [3.8, 4) is 0 Å². The molecule has 0 saturated carbocycles. The van der Waals surface area contributed by atoms with Crippen LogP contribution in [0.4, 0.5) is 14.9 Å². The van der Waals surface area contributed by atoms with Crippen molar-refractivity contribution in [1.29, 1.82) is 0 Å². The van der Waals surface area contributed by atoms with Crippen LogP contribution in [0.25, 0.3) is 0 Å². The smallest absolute Gasteiger partial charge is 0.321 e. The van der Waals surface area contributed by atoms with Crippen molar-refractivity contribution in [3.05, 3.63) is 30.1 Å². The number of rotatable bonds is 3. The Morgan fingerprint density at radius 2 is 1.74 bits per heavy atom. The quantitative estimate of drug-likeness (QED) is 0.879. The van der Waals surface area contributed by atoms with Crippen LogP contribution in [0.3, 0.4) is 0 Å². The third-order valence-corrected chi connectivity index (χ3v) is 4.69. The van der Waals surface area contributed by atoms with Gasteiger partial charge >= 0.3 is 6.03 Å². The first kappa shape index (κ1) is 15.7. The summed E-state index contributed by atoms with van der Waals surface area (Å²) >= 11 is 0. The van der Waals surface area contributed by atoms with Gasteiger partial charge in [-0.3, -0.25) is 9.69 Å². The zero-order valence-electron chi connectivity index (χ0n) is 12.9. The van der Waals surface area contributed by atoms with E-state index in [4.69, 9.17) is 5.73 Å². The Morgan fingerprint density at radius 3 is 2.30 bits per heavy atom. The monoisotopic (exact) mass is 320 g/mol. The molecule has 3 N–H and O–H groups in total. The summed E-state index contributed by atoms with van der Waals surface area (Å²) in [6.07, 6.45) is 1.60. The van der Waals surface area contributed by atoms with E-state index in [0.717, 1.165) is 25.9 Å².